The largest absolute Gasteiger partial charge is 0.497 e. The van der Waals surface area contributed by atoms with Gasteiger partial charge in [-0.05, 0) is 48.6 Å². The summed E-state index contributed by atoms with van der Waals surface area (Å²) in [6.45, 7) is 3.40. The number of nitrogens with one attached hydrogen (secondary N) is 1. The van der Waals surface area contributed by atoms with Gasteiger partial charge in [-0.3, -0.25) is 0 Å². The Balaban J connectivity index is 2.30. The molecule has 2 heteroatoms. The molecule has 2 atom stereocenters. The highest BCUT2D eigenvalue weighted by Gasteiger charge is 2.28. The van der Waals surface area contributed by atoms with Gasteiger partial charge in [-0.25, -0.2) is 0 Å². The standard InChI is InChI=1S/C13H19NO/c1-9-6-10-7-11(15-3)4-5-12(10)13(9)8-14-2/h4-5,7,9,13-14H,6,8H2,1-3H3. The molecule has 2 rings (SSSR count). The average Bonchev–Trinajstić information content (AvgIpc) is 2.55. The summed E-state index contributed by atoms with van der Waals surface area (Å²) in [5.74, 6) is 2.38. The van der Waals surface area contributed by atoms with E-state index in [0.29, 0.717) is 5.92 Å². The first kappa shape index (κ1) is 10.5. The molecular formula is C13H19NO. The van der Waals surface area contributed by atoms with Crippen LogP contribution in [0.2, 0.25) is 0 Å². The van der Waals surface area contributed by atoms with Gasteiger partial charge in [0.25, 0.3) is 0 Å². The van der Waals surface area contributed by atoms with Gasteiger partial charge in [-0.1, -0.05) is 13.0 Å². The SMILES string of the molecule is CNCC1c2ccc(OC)cc2CC1C. The molecule has 0 bridgehead atoms. The second-order valence-electron chi connectivity index (χ2n) is 4.41. The molecule has 0 spiro atoms. The molecule has 1 aliphatic carbocycles. The maximum atomic E-state index is 5.25. The number of ether oxygens (including phenoxy) is 1. The topological polar surface area (TPSA) is 21.3 Å². The Bertz CT molecular complexity index is 348. The van der Waals surface area contributed by atoms with Crippen LogP contribution in [-0.4, -0.2) is 20.7 Å². The lowest BCUT2D eigenvalue weighted by molar-refractivity contribution is 0.414. The highest BCUT2D eigenvalue weighted by atomic mass is 16.5. The van der Waals surface area contributed by atoms with E-state index in [-0.39, 0.29) is 0 Å². The van der Waals surface area contributed by atoms with E-state index < -0.39 is 0 Å². The number of likely N-dealkylation sites (N-methyl/N-ethyl adjacent to an activating group) is 1. The van der Waals surface area contributed by atoms with E-state index >= 15 is 0 Å². The third-order valence-electron chi connectivity index (χ3n) is 3.40. The zero-order valence-electron chi connectivity index (χ0n) is 9.71. The molecule has 0 saturated heterocycles. The fraction of sp³-hybridized carbons (Fsp3) is 0.538. The number of hydrogen-bond acceptors (Lipinski definition) is 2. The van der Waals surface area contributed by atoms with E-state index in [1.54, 1.807) is 7.11 Å². The third-order valence-corrected chi connectivity index (χ3v) is 3.40. The van der Waals surface area contributed by atoms with Gasteiger partial charge in [0.1, 0.15) is 5.75 Å². The predicted molar refractivity (Wildman–Crippen MR) is 62.5 cm³/mol. The second kappa shape index (κ2) is 4.23. The minimum absolute atomic E-state index is 0.663. The average molecular weight is 205 g/mol. The molecule has 0 saturated carbocycles. The lowest BCUT2D eigenvalue weighted by atomic mass is 9.94. The van der Waals surface area contributed by atoms with Crippen LogP contribution in [0.1, 0.15) is 24.0 Å². The van der Waals surface area contributed by atoms with Gasteiger partial charge in [-0.15, -0.1) is 0 Å². The third kappa shape index (κ3) is 1.86. The van der Waals surface area contributed by atoms with Crippen molar-refractivity contribution >= 4 is 0 Å². The molecule has 2 nitrogen and oxygen atoms in total. The number of hydrogen-bond donors (Lipinski definition) is 1. The van der Waals surface area contributed by atoms with Crippen LogP contribution in [0, 0.1) is 5.92 Å². The Morgan fingerprint density at radius 3 is 2.93 bits per heavy atom. The summed E-state index contributed by atoms with van der Waals surface area (Å²) in [5.41, 5.74) is 2.96. The number of fused-ring (bicyclic) bond motifs is 1. The molecule has 0 heterocycles. The van der Waals surface area contributed by atoms with Crippen LogP contribution >= 0.6 is 0 Å². The Hall–Kier alpha value is -1.02. The summed E-state index contributed by atoms with van der Waals surface area (Å²) < 4.78 is 5.25. The Labute approximate surface area is 91.6 Å². The van der Waals surface area contributed by atoms with Crippen molar-refractivity contribution in [3.05, 3.63) is 29.3 Å². The van der Waals surface area contributed by atoms with Crippen LogP contribution in [0.3, 0.4) is 0 Å². The smallest absolute Gasteiger partial charge is 0.119 e. The molecule has 1 aromatic rings. The number of methoxy groups -OCH3 is 1. The van der Waals surface area contributed by atoms with E-state index in [1.165, 1.54) is 17.5 Å². The molecule has 1 aliphatic rings. The number of benzene rings is 1. The summed E-state index contributed by atoms with van der Waals surface area (Å²) in [7, 11) is 3.75. The monoisotopic (exact) mass is 205 g/mol. The van der Waals surface area contributed by atoms with Crippen molar-refractivity contribution in [1.29, 1.82) is 0 Å². The molecule has 0 aliphatic heterocycles. The molecule has 15 heavy (non-hydrogen) atoms. The fourth-order valence-electron chi connectivity index (χ4n) is 2.57. The van der Waals surface area contributed by atoms with Gasteiger partial charge < -0.3 is 10.1 Å². The molecular weight excluding hydrogens is 186 g/mol. The Morgan fingerprint density at radius 2 is 2.27 bits per heavy atom. The maximum absolute atomic E-state index is 5.25. The minimum Gasteiger partial charge on any atom is -0.497 e. The molecule has 1 N–H and O–H groups in total. The van der Waals surface area contributed by atoms with Gasteiger partial charge in [0.05, 0.1) is 7.11 Å². The van der Waals surface area contributed by atoms with E-state index in [2.05, 4.69) is 30.4 Å². The minimum atomic E-state index is 0.663. The van der Waals surface area contributed by atoms with Crippen LogP contribution in [0.5, 0.6) is 5.75 Å². The van der Waals surface area contributed by atoms with Crippen molar-refractivity contribution in [1.82, 2.24) is 5.32 Å². The summed E-state index contributed by atoms with van der Waals surface area (Å²) >= 11 is 0. The lowest BCUT2D eigenvalue weighted by Gasteiger charge is -2.15. The Morgan fingerprint density at radius 1 is 1.47 bits per heavy atom. The highest BCUT2D eigenvalue weighted by molar-refractivity contribution is 5.41. The molecule has 82 valence electrons. The maximum Gasteiger partial charge on any atom is 0.119 e. The summed E-state index contributed by atoms with van der Waals surface area (Å²) in [4.78, 5) is 0. The second-order valence-corrected chi connectivity index (χ2v) is 4.41. The van der Waals surface area contributed by atoms with Gasteiger partial charge in [0.15, 0.2) is 0 Å². The van der Waals surface area contributed by atoms with Gasteiger partial charge in [0.2, 0.25) is 0 Å². The first-order chi connectivity index (χ1) is 7.26. The quantitative estimate of drug-likeness (QED) is 0.816. The van der Waals surface area contributed by atoms with Gasteiger partial charge in [0, 0.05) is 6.54 Å². The van der Waals surface area contributed by atoms with Crippen molar-refractivity contribution in [2.24, 2.45) is 5.92 Å². The predicted octanol–water partition coefficient (Wildman–Crippen LogP) is 2.19. The number of rotatable bonds is 3. The zero-order chi connectivity index (χ0) is 10.8. The van der Waals surface area contributed by atoms with Crippen molar-refractivity contribution in [3.63, 3.8) is 0 Å². The molecule has 0 radical (unpaired) electrons. The van der Waals surface area contributed by atoms with Crippen molar-refractivity contribution in [2.45, 2.75) is 19.3 Å². The van der Waals surface area contributed by atoms with Crippen molar-refractivity contribution in [2.75, 3.05) is 20.7 Å². The molecule has 1 aromatic carbocycles. The van der Waals surface area contributed by atoms with Gasteiger partial charge >= 0.3 is 0 Å². The molecule has 2 unspecified atom stereocenters. The summed E-state index contributed by atoms with van der Waals surface area (Å²) in [6.07, 6.45) is 1.18. The van der Waals surface area contributed by atoms with Crippen LogP contribution < -0.4 is 10.1 Å². The van der Waals surface area contributed by atoms with Crippen LogP contribution in [-0.2, 0) is 6.42 Å². The highest BCUT2D eigenvalue weighted by Crippen LogP contribution is 2.38. The summed E-state index contributed by atoms with van der Waals surface area (Å²) in [6, 6.07) is 6.47. The molecule has 0 amide bonds. The Kier molecular flexibility index (Phi) is 2.96. The van der Waals surface area contributed by atoms with E-state index in [9.17, 15) is 0 Å². The first-order valence-corrected chi connectivity index (χ1v) is 5.57. The van der Waals surface area contributed by atoms with Crippen LogP contribution in [0.25, 0.3) is 0 Å². The lowest BCUT2D eigenvalue weighted by Crippen LogP contribution is -2.19. The molecule has 0 aromatic heterocycles. The van der Waals surface area contributed by atoms with Crippen molar-refractivity contribution in [3.8, 4) is 5.75 Å². The first-order valence-electron chi connectivity index (χ1n) is 5.57. The normalized spacial score (nSPS) is 23.9. The van der Waals surface area contributed by atoms with Crippen LogP contribution in [0.15, 0.2) is 18.2 Å². The molecule has 0 fully saturated rings. The summed E-state index contributed by atoms with van der Waals surface area (Å²) in [5, 5.41) is 3.28. The van der Waals surface area contributed by atoms with E-state index in [4.69, 9.17) is 4.74 Å². The van der Waals surface area contributed by atoms with Crippen molar-refractivity contribution < 1.29 is 4.74 Å². The van der Waals surface area contributed by atoms with Gasteiger partial charge in [-0.2, -0.15) is 0 Å². The zero-order valence-corrected chi connectivity index (χ0v) is 9.71. The van der Waals surface area contributed by atoms with E-state index in [0.717, 1.165) is 18.2 Å². The van der Waals surface area contributed by atoms with Crippen LogP contribution in [0.4, 0.5) is 0 Å². The van der Waals surface area contributed by atoms with E-state index in [1.807, 2.05) is 7.05 Å². The fourth-order valence-corrected chi connectivity index (χ4v) is 2.57.